The zero-order valence-corrected chi connectivity index (χ0v) is 20.3. The number of H-pyrrole nitrogens is 1. The molecule has 0 unspecified atom stereocenters. The largest absolute Gasteiger partial charge is 0.490 e. The number of hydrogen-bond acceptors (Lipinski definition) is 10. The topological polar surface area (TPSA) is 210 Å². The smallest absolute Gasteiger partial charge is 0.469 e. The van der Waals surface area contributed by atoms with E-state index in [9.17, 15) is 38.8 Å². The van der Waals surface area contributed by atoms with Crippen LogP contribution >= 0.6 is 7.82 Å². The van der Waals surface area contributed by atoms with Crippen molar-refractivity contribution in [3.05, 3.63) is 66.0 Å². The fourth-order valence-corrected chi connectivity index (χ4v) is 4.33. The van der Waals surface area contributed by atoms with E-state index in [2.05, 4.69) is 4.98 Å². The van der Waals surface area contributed by atoms with E-state index in [0.717, 1.165) is 10.6 Å². The number of nitro benzene ring substituents is 1. The maximum Gasteiger partial charge on any atom is 0.469 e. The Morgan fingerprint density at radius 3 is 2.64 bits per heavy atom. The second-order valence-corrected chi connectivity index (χ2v) is 9.18. The van der Waals surface area contributed by atoms with Crippen LogP contribution in [0.15, 0.2) is 27.9 Å². The third-order valence-corrected chi connectivity index (χ3v) is 5.98. The number of hydrogen-bond donors (Lipinski definition) is 3. The van der Waals surface area contributed by atoms with E-state index in [0.29, 0.717) is 0 Å². The van der Waals surface area contributed by atoms with Crippen LogP contribution in [-0.4, -0.2) is 56.0 Å². The van der Waals surface area contributed by atoms with Gasteiger partial charge in [-0.1, -0.05) is 0 Å². The Balaban J connectivity index is 1.82. The van der Waals surface area contributed by atoms with Gasteiger partial charge < -0.3 is 24.0 Å². The van der Waals surface area contributed by atoms with E-state index in [1.54, 1.807) is 0 Å². The Morgan fingerprint density at radius 1 is 1.36 bits per heavy atom. The molecule has 0 spiro atoms. The SMILES string of the molecule is COc1cc(C(C)=O)c(COC[C@H]2O[C@@H](n3cc(C)c(=O)[nH]c3=O)C[C@@H]2OP(=O)(O)O)cc1[N+](=O)[O-]. The first-order valence-electron chi connectivity index (χ1n) is 10.5. The molecule has 0 saturated carbocycles. The number of Topliss-reactive ketones (excluding diaryl/α,β-unsaturated/α-hetero) is 1. The van der Waals surface area contributed by atoms with Crippen LogP contribution < -0.4 is 16.0 Å². The number of phosphoric acid groups is 1. The number of carbonyl (C=O) groups is 1. The van der Waals surface area contributed by atoms with Gasteiger partial charge in [-0.25, -0.2) is 9.36 Å². The zero-order chi connectivity index (χ0) is 26.8. The van der Waals surface area contributed by atoms with Crippen molar-refractivity contribution >= 4 is 19.3 Å². The summed E-state index contributed by atoms with van der Waals surface area (Å²) in [4.78, 5) is 67.3. The Kier molecular flexibility index (Phi) is 8.23. The Labute approximate surface area is 203 Å². The number of rotatable bonds is 10. The summed E-state index contributed by atoms with van der Waals surface area (Å²) >= 11 is 0. The highest BCUT2D eigenvalue weighted by Crippen LogP contribution is 2.43. The Morgan fingerprint density at radius 2 is 2.06 bits per heavy atom. The number of aryl methyl sites for hydroxylation is 1. The monoisotopic (exact) mass is 529 g/mol. The minimum absolute atomic E-state index is 0.104. The van der Waals surface area contributed by atoms with Crippen molar-refractivity contribution in [2.45, 2.75) is 45.3 Å². The minimum atomic E-state index is -4.95. The molecule has 1 aromatic carbocycles. The van der Waals surface area contributed by atoms with E-state index in [1.807, 2.05) is 0 Å². The summed E-state index contributed by atoms with van der Waals surface area (Å²) < 4.78 is 33.7. The Hall–Kier alpha value is -3.20. The highest BCUT2D eigenvalue weighted by Gasteiger charge is 2.41. The normalized spacial score (nSPS) is 19.9. The molecule has 196 valence electrons. The quantitative estimate of drug-likeness (QED) is 0.170. The summed E-state index contributed by atoms with van der Waals surface area (Å²) in [7, 11) is -3.72. The predicted molar refractivity (Wildman–Crippen MR) is 121 cm³/mol. The molecule has 0 bridgehead atoms. The number of aromatic amines is 1. The molecule has 3 rings (SSSR count). The molecule has 3 atom stereocenters. The third-order valence-electron chi connectivity index (χ3n) is 5.43. The van der Waals surface area contributed by atoms with Gasteiger partial charge in [0.15, 0.2) is 11.5 Å². The molecule has 16 heteroatoms. The molecule has 0 amide bonds. The summed E-state index contributed by atoms with van der Waals surface area (Å²) in [6, 6.07) is 2.37. The molecule has 3 N–H and O–H groups in total. The molecular weight excluding hydrogens is 505 g/mol. The van der Waals surface area contributed by atoms with E-state index in [1.165, 1.54) is 33.2 Å². The number of methoxy groups -OCH3 is 1. The van der Waals surface area contributed by atoms with Gasteiger partial charge in [0.05, 0.1) is 25.2 Å². The van der Waals surface area contributed by atoms with Crippen LogP contribution in [0.1, 0.15) is 41.1 Å². The molecule has 0 radical (unpaired) electrons. The number of carbonyl (C=O) groups excluding carboxylic acids is 1. The summed E-state index contributed by atoms with van der Waals surface area (Å²) in [5.74, 6) is -0.498. The molecular formula is C20H24N3O12P. The lowest BCUT2D eigenvalue weighted by Crippen LogP contribution is -2.33. The molecule has 2 aromatic rings. The summed E-state index contributed by atoms with van der Waals surface area (Å²) in [6.45, 7) is 2.14. The number of benzene rings is 1. The van der Waals surface area contributed by atoms with Crippen molar-refractivity contribution in [1.82, 2.24) is 9.55 Å². The number of aromatic nitrogens is 2. The van der Waals surface area contributed by atoms with Gasteiger partial charge in [-0.05, 0) is 25.5 Å². The molecule has 2 heterocycles. The lowest BCUT2D eigenvalue weighted by atomic mass is 10.0. The van der Waals surface area contributed by atoms with Crippen LogP contribution in [0.5, 0.6) is 5.75 Å². The van der Waals surface area contributed by atoms with Crippen LogP contribution in [0, 0.1) is 17.0 Å². The molecule has 0 aliphatic carbocycles. The van der Waals surface area contributed by atoms with E-state index in [4.69, 9.17) is 18.7 Å². The number of ether oxygens (including phenoxy) is 3. The van der Waals surface area contributed by atoms with Crippen molar-refractivity contribution in [2.75, 3.05) is 13.7 Å². The summed E-state index contributed by atoms with van der Waals surface area (Å²) in [6.07, 6.45) is -2.22. The third kappa shape index (κ3) is 6.32. The summed E-state index contributed by atoms with van der Waals surface area (Å²) in [5.41, 5.74) is -1.24. The molecule has 1 saturated heterocycles. The van der Waals surface area contributed by atoms with Crippen LogP contribution in [0.25, 0.3) is 0 Å². The minimum Gasteiger partial charge on any atom is -0.490 e. The first-order chi connectivity index (χ1) is 16.8. The zero-order valence-electron chi connectivity index (χ0n) is 19.4. The number of phosphoric ester groups is 1. The number of nitrogens with zero attached hydrogens (tertiary/aromatic N) is 2. The highest BCUT2D eigenvalue weighted by atomic mass is 31.2. The fraction of sp³-hybridized carbons (Fsp3) is 0.450. The first-order valence-corrected chi connectivity index (χ1v) is 12.0. The maximum atomic E-state index is 12.2. The second kappa shape index (κ2) is 10.8. The van der Waals surface area contributed by atoms with Crippen molar-refractivity contribution in [1.29, 1.82) is 0 Å². The lowest BCUT2D eigenvalue weighted by molar-refractivity contribution is -0.385. The van der Waals surface area contributed by atoms with Gasteiger partial charge in [-0.3, -0.25) is 33.8 Å². The second-order valence-electron chi connectivity index (χ2n) is 7.99. The van der Waals surface area contributed by atoms with E-state index < -0.39 is 48.2 Å². The average molecular weight is 529 g/mol. The summed E-state index contributed by atoms with van der Waals surface area (Å²) in [5, 5.41) is 11.4. The van der Waals surface area contributed by atoms with Gasteiger partial charge in [0, 0.05) is 29.8 Å². The van der Waals surface area contributed by atoms with Crippen LogP contribution in [0.3, 0.4) is 0 Å². The van der Waals surface area contributed by atoms with Crippen LogP contribution in [-0.2, 0) is 25.2 Å². The molecule has 36 heavy (non-hydrogen) atoms. The van der Waals surface area contributed by atoms with Gasteiger partial charge in [0.1, 0.15) is 18.4 Å². The van der Waals surface area contributed by atoms with E-state index >= 15 is 0 Å². The van der Waals surface area contributed by atoms with Gasteiger partial charge in [-0.2, -0.15) is 0 Å². The lowest BCUT2D eigenvalue weighted by Gasteiger charge is -2.19. The molecule has 1 aliphatic heterocycles. The first kappa shape index (κ1) is 27.4. The van der Waals surface area contributed by atoms with Crippen molar-refractivity contribution < 1.29 is 42.8 Å². The standard InChI is InChI=1S/C20H24N3O12P/c1-10-7-22(20(26)21-19(10)25)18-6-16(35-36(29,30)31)17(34-18)9-33-8-12-4-14(23(27)28)15(32-3)5-13(12)11(2)24/h4-5,7,16-18H,6,8-9H2,1-3H3,(H,21,25,26)(H2,29,30,31)/t16-,17+,18+/m0/s1. The fourth-order valence-electron chi connectivity index (χ4n) is 3.76. The average Bonchev–Trinajstić information content (AvgIpc) is 3.16. The van der Waals surface area contributed by atoms with Crippen molar-refractivity contribution in [3.63, 3.8) is 0 Å². The number of ketones is 1. The molecule has 1 aromatic heterocycles. The van der Waals surface area contributed by atoms with Crippen LogP contribution in [0.2, 0.25) is 0 Å². The number of nitrogens with one attached hydrogen (secondary N) is 1. The van der Waals surface area contributed by atoms with Gasteiger partial charge in [0.25, 0.3) is 5.56 Å². The van der Waals surface area contributed by atoms with E-state index in [-0.39, 0.29) is 47.8 Å². The van der Waals surface area contributed by atoms with Gasteiger partial charge >= 0.3 is 19.2 Å². The molecule has 15 nitrogen and oxygen atoms in total. The maximum absolute atomic E-state index is 12.2. The van der Waals surface area contributed by atoms with Gasteiger partial charge in [-0.15, -0.1) is 0 Å². The molecule has 1 fully saturated rings. The van der Waals surface area contributed by atoms with Crippen molar-refractivity contribution in [2.24, 2.45) is 0 Å². The Bertz CT molecular complexity index is 1330. The predicted octanol–water partition coefficient (Wildman–Crippen LogP) is 0.947. The van der Waals surface area contributed by atoms with Crippen LogP contribution in [0.4, 0.5) is 5.69 Å². The molecule has 1 aliphatic rings. The highest BCUT2D eigenvalue weighted by molar-refractivity contribution is 7.46. The van der Waals surface area contributed by atoms with Gasteiger partial charge in [0.2, 0.25) is 0 Å². The van der Waals surface area contributed by atoms with Crippen molar-refractivity contribution in [3.8, 4) is 5.75 Å². The number of nitro groups is 1.